The van der Waals surface area contributed by atoms with Gasteiger partial charge in [0.25, 0.3) is 0 Å². The van der Waals surface area contributed by atoms with Gasteiger partial charge >= 0.3 is 0 Å². The van der Waals surface area contributed by atoms with E-state index in [1.807, 2.05) is 12.2 Å². The molecule has 2 aromatic carbocycles. The number of rotatable bonds is 1. The highest BCUT2D eigenvalue weighted by atomic mass is 16.6. The molecule has 25 heavy (non-hydrogen) atoms. The maximum atomic E-state index is 5.20. The molecule has 0 spiro atoms. The zero-order chi connectivity index (χ0) is 16.6. The Labute approximate surface area is 146 Å². The van der Waals surface area contributed by atoms with Gasteiger partial charge in [-0.1, -0.05) is 59.8 Å². The van der Waals surface area contributed by atoms with Gasteiger partial charge in [0.15, 0.2) is 0 Å². The van der Waals surface area contributed by atoms with Gasteiger partial charge in [0.2, 0.25) is 0 Å². The van der Waals surface area contributed by atoms with Gasteiger partial charge in [-0.2, -0.15) is 0 Å². The molecule has 2 aromatic rings. The normalized spacial score (nSPS) is 20.0. The van der Waals surface area contributed by atoms with Crippen molar-refractivity contribution in [3.8, 4) is 0 Å². The maximum Gasteiger partial charge on any atom is 0.122 e. The van der Waals surface area contributed by atoms with Crippen LogP contribution in [0.3, 0.4) is 0 Å². The lowest BCUT2D eigenvalue weighted by atomic mass is 9.83. The highest BCUT2D eigenvalue weighted by Crippen LogP contribution is 2.22. The molecule has 1 atom stereocenters. The van der Waals surface area contributed by atoms with Gasteiger partial charge in [-0.15, -0.1) is 0 Å². The number of hydrogen-bond acceptors (Lipinski definition) is 2. The Kier molecular flexibility index (Phi) is 3.41. The molecule has 1 aliphatic heterocycles. The monoisotopic (exact) mass is 325 g/mol. The molecule has 0 amide bonds. The second-order valence-corrected chi connectivity index (χ2v) is 6.78. The molecule has 0 saturated heterocycles. The fourth-order valence-corrected chi connectivity index (χ4v) is 4.16. The predicted octanol–water partition coefficient (Wildman–Crippen LogP) is 3.11. The van der Waals surface area contributed by atoms with E-state index in [0.29, 0.717) is 5.92 Å². The van der Waals surface area contributed by atoms with Crippen LogP contribution in [-0.2, 0) is 17.7 Å². The summed E-state index contributed by atoms with van der Waals surface area (Å²) >= 11 is 0. The number of nitrogens with zero attached hydrogens (tertiary/aromatic N) is 1. The summed E-state index contributed by atoms with van der Waals surface area (Å²) in [6, 6.07) is 13.3. The minimum atomic E-state index is 0.321. The largest absolute Gasteiger partial charge is 0.365 e. The van der Waals surface area contributed by atoms with Crippen LogP contribution in [0, 0.1) is 16.4 Å². The first-order valence-electron chi connectivity index (χ1n) is 8.89. The standard InChI is InChI=1S/C23H19NO/c1-2-6-19-16(5-1)8-12-22-20-11-10-18(15-17(20)9-13-21(19)22)23-7-3-4-14-25-24-23/h1-9,13-15,18H,10-12H2. The highest BCUT2D eigenvalue weighted by molar-refractivity contribution is 6.00. The van der Waals surface area contributed by atoms with Crippen molar-refractivity contribution in [1.29, 1.82) is 0 Å². The Bertz CT molecular complexity index is 1150. The van der Waals surface area contributed by atoms with E-state index in [-0.39, 0.29) is 0 Å². The topological polar surface area (TPSA) is 21.6 Å². The first-order chi connectivity index (χ1) is 12.4. The molecule has 2 nitrogen and oxygen atoms in total. The fourth-order valence-electron chi connectivity index (χ4n) is 4.16. The molecule has 1 unspecified atom stereocenters. The smallest absolute Gasteiger partial charge is 0.122 e. The van der Waals surface area contributed by atoms with E-state index in [9.17, 15) is 0 Å². The number of benzene rings is 2. The molecule has 2 heteroatoms. The summed E-state index contributed by atoms with van der Waals surface area (Å²) in [6.07, 6.45) is 15.5. The Morgan fingerprint density at radius 2 is 1.88 bits per heavy atom. The molecule has 2 aliphatic carbocycles. The molecule has 0 fully saturated rings. The summed E-state index contributed by atoms with van der Waals surface area (Å²) in [4.78, 5) is 5.20. The zero-order valence-electron chi connectivity index (χ0n) is 14.0. The van der Waals surface area contributed by atoms with Gasteiger partial charge < -0.3 is 4.84 Å². The molecular weight excluding hydrogens is 306 g/mol. The van der Waals surface area contributed by atoms with Crippen LogP contribution in [0.2, 0.25) is 0 Å². The van der Waals surface area contributed by atoms with Crippen LogP contribution in [0.15, 0.2) is 66.0 Å². The molecule has 0 bridgehead atoms. The first-order valence-corrected chi connectivity index (χ1v) is 8.89. The highest BCUT2D eigenvalue weighted by Gasteiger charge is 2.20. The molecule has 0 N–H and O–H groups in total. The summed E-state index contributed by atoms with van der Waals surface area (Å²) in [5.41, 5.74) is 4.02. The quantitative estimate of drug-likeness (QED) is 0.789. The van der Waals surface area contributed by atoms with E-state index < -0.39 is 0 Å². The minimum absolute atomic E-state index is 0.321. The third-order valence-corrected chi connectivity index (χ3v) is 5.39. The Hall–Kier alpha value is -2.87. The van der Waals surface area contributed by atoms with Crippen LogP contribution in [0.1, 0.15) is 17.5 Å². The van der Waals surface area contributed by atoms with E-state index in [4.69, 9.17) is 4.84 Å². The minimum Gasteiger partial charge on any atom is -0.365 e. The van der Waals surface area contributed by atoms with E-state index in [1.165, 1.54) is 32.0 Å². The van der Waals surface area contributed by atoms with Crippen LogP contribution in [0.4, 0.5) is 0 Å². The van der Waals surface area contributed by atoms with E-state index in [2.05, 4.69) is 59.8 Å². The van der Waals surface area contributed by atoms with Crippen molar-refractivity contribution < 1.29 is 4.84 Å². The fraction of sp³-hybridized carbons (Fsp3) is 0.174. The van der Waals surface area contributed by atoms with Crippen LogP contribution in [0.5, 0.6) is 0 Å². The van der Waals surface area contributed by atoms with Crippen LogP contribution >= 0.6 is 0 Å². The van der Waals surface area contributed by atoms with Crippen LogP contribution in [0.25, 0.3) is 12.2 Å². The van der Waals surface area contributed by atoms with Gasteiger partial charge in [-0.3, -0.25) is 0 Å². The summed E-state index contributed by atoms with van der Waals surface area (Å²) in [6.45, 7) is 0. The van der Waals surface area contributed by atoms with Crippen molar-refractivity contribution >= 4 is 17.9 Å². The lowest BCUT2D eigenvalue weighted by Gasteiger charge is -2.21. The average molecular weight is 325 g/mol. The van der Waals surface area contributed by atoms with Gasteiger partial charge in [0, 0.05) is 5.92 Å². The Morgan fingerprint density at radius 3 is 2.88 bits per heavy atom. The number of allylic oxidation sites excluding steroid dienone is 3. The SMILES string of the molecule is C1=CON=C(C2C=c3ccc4c(c3CC2)CC=c2ccccc2=4)C=C1. The van der Waals surface area contributed by atoms with Crippen molar-refractivity contribution in [3.63, 3.8) is 0 Å². The van der Waals surface area contributed by atoms with Crippen molar-refractivity contribution in [2.75, 3.05) is 0 Å². The number of oxime groups is 1. The van der Waals surface area contributed by atoms with Crippen LogP contribution < -0.4 is 10.4 Å². The third kappa shape index (κ3) is 2.45. The van der Waals surface area contributed by atoms with Crippen molar-refractivity contribution in [1.82, 2.24) is 0 Å². The molecule has 3 aliphatic rings. The van der Waals surface area contributed by atoms with Gasteiger partial charge in [-0.05, 0) is 63.4 Å². The summed E-state index contributed by atoms with van der Waals surface area (Å²) in [7, 11) is 0. The van der Waals surface area contributed by atoms with E-state index in [1.54, 1.807) is 6.26 Å². The molecule has 0 radical (unpaired) electrons. The molecular formula is C23H19NO. The Balaban J connectivity index is 1.68. The van der Waals surface area contributed by atoms with Gasteiger partial charge in [-0.25, -0.2) is 0 Å². The molecule has 122 valence electrons. The van der Waals surface area contributed by atoms with E-state index in [0.717, 1.165) is 25.0 Å². The Morgan fingerprint density at radius 1 is 0.920 bits per heavy atom. The third-order valence-electron chi connectivity index (χ3n) is 5.39. The van der Waals surface area contributed by atoms with Crippen molar-refractivity contribution in [2.45, 2.75) is 19.3 Å². The number of fused-ring (bicyclic) bond motifs is 4. The predicted molar refractivity (Wildman–Crippen MR) is 101 cm³/mol. The first kappa shape index (κ1) is 14.5. The summed E-state index contributed by atoms with van der Waals surface area (Å²) < 4.78 is 0. The molecule has 0 saturated carbocycles. The van der Waals surface area contributed by atoms with Gasteiger partial charge in [0.05, 0.1) is 5.71 Å². The molecule has 5 rings (SSSR count). The zero-order valence-corrected chi connectivity index (χ0v) is 14.0. The lowest BCUT2D eigenvalue weighted by Crippen LogP contribution is -2.26. The van der Waals surface area contributed by atoms with Crippen molar-refractivity contribution in [2.24, 2.45) is 11.1 Å². The average Bonchev–Trinajstić information content (AvgIpc) is 2.96. The second kappa shape index (κ2) is 5.89. The number of hydrogen-bond donors (Lipinski definition) is 0. The second-order valence-electron chi connectivity index (χ2n) is 6.78. The van der Waals surface area contributed by atoms with Crippen molar-refractivity contribution in [3.05, 3.63) is 92.9 Å². The molecule has 1 heterocycles. The van der Waals surface area contributed by atoms with Crippen LogP contribution in [-0.4, -0.2) is 5.71 Å². The molecule has 0 aromatic heterocycles. The van der Waals surface area contributed by atoms with E-state index >= 15 is 0 Å². The maximum absolute atomic E-state index is 5.20. The lowest BCUT2D eigenvalue weighted by molar-refractivity contribution is 0.267. The summed E-state index contributed by atoms with van der Waals surface area (Å²) in [5.74, 6) is 0.321. The van der Waals surface area contributed by atoms with Gasteiger partial charge in [0.1, 0.15) is 6.26 Å². The summed E-state index contributed by atoms with van der Waals surface area (Å²) in [5, 5.41) is 9.73.